The molecule has 22 heavy (non-hydrogen) atoms. The van der Waals surface area contributed by atoms with Gasteiger partial charge in [-0.25, -0.2) is 12.7 Å². The normalized spacial score (nSPS) is 29.4. The quantitative estimate of drug-likeness (QED) is 0.832. The zero-order valence-electron chi connectivity index (χ0n) is 13.0. The molecule has 3 atom stereocenters. The Morgan fingerprint density at radius 1 is 1.36 bits per heavy atom. The van der Waals surface area contributed by atoms with Crippen molar-refractivity contribution < 1.29 is 13.2 Å². The number of nitrogens with zero attached hydrogens (tertiary/aromatic N) is 2. The van der Waals surface area contributed by atoms with Crippen molar-refractivity contribution in [1.82, 2.24) is 9.29 Å². The molecule has 1 aliphatic carbocycles. The van der Waals surface area contributed by atoms with E-state index in [4.69, 9.17) is 4.74 Å². The van der Waals surface area contributed by atoms with Crippen molar-refractivity contribution in [3.05, 3.63) is 30.1 Å². The minimum Gasteiger partial charge on any atom is -0.373 e. The largest absolute Gasteiger partial charge is 0.373 e. The van der Waals surface area contributed by atoms with Gasteiger partial charge in [-0.15, -0.1) is 0 Å². The van der Waals surface area contributed by atoms with Crippen LogP contribution in [-0.4, -0.2) is 42.7 Å². The Labute approximate surface area is 132 Å². The average molecular weight is 324 g/mol. The summed E-state index contributed by atoms with van der Waals surface area (Å²) in [5, 5.41) is 0. The molecular weight excluding hydrogens is 300 g/mol. The maximum absolute atomic E-state index is 12.1. The summed E-state index contributed by atoms with van der Waals surface area (Å²) in [5.74, 6) is 0.980. The highest BCUT2D eigenvalue weighted by Crippen LogP contribution is 2.39. The van der Waals surface area contributed by atoms with E-state index in [1.54, 1.807) is 17.4 Å². The lowest BCUT2D eigenvalue weighted by molar-refractivity contribution is -0.0290. The van der Waals surface area contributed by atoms with Crippen molar-refractivity contribution in [2.45, 2.75) is 38.9 Å². The number of fused-ring (bicyclic) bond motifs is 1. The fourth-order valence-corrected chi connectivity index (χ4v) is 4.86. The Bertz CT molecular complexity index is 591. The molecule has 0 N–H and O–H groups in total. The molecule has 1 saturated carbocycles. The average Bonchev–Trinajstić information content (AvgIpc) is 2.99. The first-order valence-electron chi connectivity index (χ1n) is 8.08. The fraction of sp³-hybridized carbons (Fsp3) is 0.688. The van der Waals surface area contributed by atoms with Gasteiger partial charge in [-0.2, -0.15) is 0 Å². The summed E-state index contributed by atoms with van der Waals surface area (Å²) in [6.07, 6.45) is 7.01. The highest BCUT2D eigenvalue weighted by atomic mass is 32.2. The van der Waals surface area contributed by atoms with E-state index in [1.165, 1.54) is 0 Å². The molecule has 2 aliphatic rings. The molecule has 122 valence electrons. The molecule has 1 aromatic rings. The lowest BCUT2D eigenvalue weighted by atomic mass is 9.79. The Kier molecular flexibility index (Phi) is 4.80. The van der Waals surface area contributed by atoms with E-state index in [1.807, 2.05) is 18.3 Å². The molecule has 0 bridgehead atoms. The Hall–Kier alpha value is -0.980. The van der Waals surface area contributed by atoms with E-state index in [9.17, 15) is 8.42 Å². The van der Waals surface area contributed by atoms with Gasteiger partial charge < -0.3 is 4.74 Å². The Morgan fingerprint density at radius 3 is 2.95 bits per heavy atom. The third kappa shape index (κ3) is 3.34. The third-order valence-corrected chi connectivity index (χ3v) is 6.76. The van der Waals surface area contributed by atoms with Crippen molar-refractivity contribution >= 4 is 10.0 Å². The van der Waals surface area contributed by atoms with Gasteiger partial charge in [0.05, 0.1) is 18.5 Å². The predicted molar refractivity (Wildman–Crippen MR) is 84.7 cm³/mol. The molecule has 2 fully saturated rings. The van der Waals surface area contributed by atoms with Gasteiger partial charge in [0.25, 0.3) is 0 Å². The van der Waals surface area contributed by atoms with Gasteiger partial charge in [0.1, 0.15) is 0 Å². The zero-order chi connectivity index (χ0) is 15.6. The van der Waals surface area contributed by atoms with Crippen LogP contribution in [0.25, 0.3) is 0 Å². The molecule has 3 rings (SSSR count). The highest BCUT2D eigenvalue weighted by Gasteiger charge is 2.43. The first kappa shape index (κ1) is 15.9. The molecule has 0 spiro atoms. The number of hydrogen-bond donors (Lipinski definition) is 0. The van der Waals surface area contributed by atoms with E-state index in [2.05, 4.69) is 4.98 Å². The van der Waals surface area contributed by atoms with Crippen LogP contribution in [0.2, 0.25) is 0 Å². The van der Waals surface area contributed by atoms with Crippen LogP contribution in [0.15, 0.2) is 24.5 Å². The molecule has 2 heterocycles. The smallest absolute Gasteiger partial charge is 0.213 e. The maximum atomic E-state index is 12.1. The van der Waals surface area contributed by atoms with Crippen molar-refractivity contribution in [3.63, 3.8) is 0 Å². The van der Waals surface area contributed by atoms with Crippen LogP contribution in [0.5, 0.6) is 0 Å². The predicted octanol–water partition coefficient (Wildman–Crippen LogP) is 2.05. The second-order valence-electron chi connectivity index (χ2n) is 6.28. The van der Waals surface area contributed by atoms with E-state index in [-0.39, 0.29) is 11.9 Å². The molecular formula is C16H24N2O3S. The van der Waals surface area contributed by atoms with E-state index >= 15 is 0 Å². The fourth-order valence-electron chi connectivity index (χ4n) is 3.68. The first-order valence-corrected chi connectivity index (χ1v) is 9.69. The standard InChI is InChI=1S/C16H24N2O3S/c1-2-22(19,20)18-10-14-6-3-7-16(15(14)11-18)21-12-13-5-4-8-17-9-13/h4-5,8-9,14-16H,2-3,6-7,10-12H2,1H3/t14-,15+,16+/m1/s1. The number of ether oxygens (including phenoxy) is 1. The van der Waals surface area contributed by atoms with Crippen molar-refractivity contribution in [2.75, 3.05) is 18.8 Å². The second-order valence-corrected chi connectivity index (χ2v) is 8.54. The lowest BCUT2D eigenvalue weighted by Gasteiger charge is -2.32. The first-order chi connectivity index (χ1) is 10.6. The molecule has 0 radical (unpaired) electrons. The van der Waals surface area contributed by atoms with Gasteiger partial charge in [0, 0.05) is 31.4 Å². The summed E-state index contributed by atoms with van der Waals surface area (Å²) in [4.78, 5) is 4.10. The van der Waals surface area contributed by atoms with Crippen LogP contribution in [-0.2, 0) is 21.4 Å². The number of hydrogen-bond acceptors (Lipinski definition) is 4. The topological polar surface area (TPSA) is 59.5 Å². The number of pyridine rings is 1. The number of sulfonamides is 1. The summed E-state index contributed by atoms with van der Waals surface area (Å²) in [6.45, 7) is 3.57. The Morgan fingerprint density at radius 2 is 2.23 bits per heavy atom. The van der Waals surface area contributed by atoms with Crippen LogP contribution < -0.4 is 0 Å². The number of rotatable bonds is 5. The van der Waals surface area contributed by atoms with Crippen LogP contribution in [0.1, 0.15) is 31.7 Å². The molecule has 6 heteroatoms. The van der Waals surface area contributed by atoms with Crippen molar-refractivity contribution in [3.8, 4) is 0 Å². The minimum absolute atomic E-state index is 0.163. The van der Waals surface area contributed by atoms with E-state index < -0.39 is 10.0 Å². The van der Waals surface area contributed by atoms with Gasteiger partial charge in [0.15, 0.2) is 0 Å². The molecule has 0 aromatic carbocycles. The minimum atomic E-state index is -3.08. The van der Waals surface area contributed by atoms with Gasteiger partial charge in [-0.05, 0) is 37.3 Å². The summed E-state index contributed by atoms with van der Waals surface area (Å²) >= 11 is 0. The molecule has 1 aromatic heterocycles. The van der Waals surface area contributed by atoms with Crippen molar-refractivity contribution in [2.24, 2.45) is 11.8 Å². The zero-order valence-corrected chi connectivity index (χ0v) is 13.8. The number of aromatic nitrogens is 1. The molecule has 0 amide bonds. The van der Waals surface area contributed by atoms with Crippen LogP contribution in [0.3, 0.4) is 0 Å². The monoisotopic (exact) mass is 324 g/mol. The summed E-state index contributed by atoms with van der Waals surface area (Å²) in [7, 11) is -3.08. The van der Waals surface area contributed by atoms with Crippen LogP contribution in [0.4, 0.5) is 0 Å². The second kappa shape index (κ2) is 6.64. The van der Waals surface area contributed by atoms with E-state index in [0.29, 0.717) is 31.5 Å². The summed E-state index contributed by atoms with van der Waals surface area (Å²) in [5.41, 5.74) is 1.07. The molecule has 1 aliphatic heterocycles. The van der Waals surface area contributed by atoms with Gasteiger partial charge in [-0.1, -0.05) is 12.5 Å². The summed E-state index contributed by atoms with van der Waals surface area (Å²) < 4.78 is 32.0. The Balaban J connectivity index is 1.64. The molecule has 0 unspecified atom stereocenters. The highest BCUT2D eigenvalue weighted by molar-refractivity contribution is 7.89. The third-order valence-electron chi connectivity index (χ3n) is 4.94. The molecule has 1 saturated heterocycles. The van der Waals surface area contributed by atoms with Crippen LogP contribution in [0, 0.1) is 11.8 Å². The molecule has 5 nitrogen and oxygen atoms in total. The van der Waals surface area contributed by atoms with Gasteiger partial charge >= 0.3 is 0 Å². The summed E-state index contributed by atoms with van der Waals surface area (Å²) in [6, 6.07) is 3.92. The van der Waals surface area contributed by atoms with Crippen LogP contribution >= 0.6 is 0 Å². The van der Waals surface area contributed by atoms with Gasteiger partial charge in [-0.3, -0.25) is 4.98 Å². The maximum Gasteiger partial charge on any atom is 0.213 e. The van der Waals surface area contributed by atoms with Gasteiger partial charge in [0.2, 0.25) is 10.0 Å². The SMILES string of the molecule is CCS(=O)(=O)N1C[C@H]2CCC[C@H](OCc3cccnc3)[C@H]2C1. The van der Waals surface area contributed by atoms with E-state index in [0.717, 1.165) is 24.8 Å². The van der Waals surface area contributed by atoms with Crippen molar-refractivity contribution in [1.29, 1.82) is 0 Å². The lowest BCUT2D eigenvalue weighted by Crippen LogP contribution is -2.34.